The molecule has 0 unspecified atom stereocenters. The van der Waals surface area contributed by atoms with Crippen LogP contribution in [0.25, 0.3) is 0 Å². The van der Waals surface area contributed by atoms with Crippen LogP contribution in [0.2, 0.25) is 0 Å². The number of carbonyl (C=O) groups is 1. The van der Waals surface area contributed by atoms with Crippen LogP contribution in [0.15, 0.2) is 54.6 Å². The van der Waals surface area contributed by atoms with Gasteiger partial charge in [-0.05, 0) is 37.1 Å². The number of halogens is 1. The number of hydrogen-bond donors (Lipinski definition) is 1. The molecule has 118 valence electrons. The van der Waals surface area contributed by atoms with Gasteiger partial charge < -0.3 is 10.1 Å². The first-order valence-electron chi connectivity index (χ1n) is 7.21. The highest BCUT2D eigenvalue weighted by molar-refractivity contribution is 8.93. The average Bonchev–Trinajstić information content (AvgIpc) is 2.55. The largest absolute Gasteiger partial charge is 0.497 e. The van der Waals surface area contributed by atoms with Crippen LogP contribution in [0.5, 0.6) is 5.75 Å². The first-order valence-corrected chi connectivity index (χ1v) is 7.21. The van der Waals surface area contributed by atoms with Gasteiger partial charge in [0.25, 0.3) is 0 Å². The lowest BCUT2D eigenvalue weighted by atomic mass is 10.1. The van der Waals surface area contributed by atoms with Crippen LogP contribution in [0.4, 0.5) is 0 Å². The van der Waals surface area contributed by atoms with Gasteiger partial charge in [-0.3, -0.25) is 4.79 Å². The minimum Gasteiger partial charge on any atom is -0.497 e. The Bertz CT molecular complexity index is 555. The minimum atomic E-state index is 0. The van der Waals surface area contributed by atoms with E-state index in [2.05, 4.69) is 17.4 Å². The summed E-state index contributed by atoms with van der Waals surface area (Å²) in [6.45, 7) is 1.23. The van der Waals surface area contributed by atoms with Crippen LogP contribution < -0.4 is 10.1 Å². The number of Topliss-reactive ketones (excluding diaryl/α,β-unsaturated/α-hetero) is 1. The molecule has 4 heteroatoms. The van der Waals surface area contributed by atoms with E-state index in [0.717, 1.165) is 30.7 Å². The standard InChI is InChI=1S/C18H21NO2.BrH/c1-21-17-11-9-15(10-12-17)6-5-13-19-14-18(20)16-7-3-2-4-8-16;/h2-4,7-12,19H,5-6,13-14H2,1H3;1H. The number of carbonyl (C=O) groups excluding carboxylic acids is 1. The summed E-state index contributed by atoms with van der Waals surface area (Å²) in [4.78, 5) is 11.9. The Labute approximate surface area is 142 Å². The van der Waals surface area contributed by atoms with Crippen LogP contribution in [0.1, 0.15) is 22.3 Å². The molecule has 1 N–H and O–H groups in total. The molecule has 0 aliphatic heterocycles. The van der Waals surface area contributed by atoms with E-state index in [1.165, 1.54) is 5.56 Å². The molecule has 0 aromatic heterocycles. The number of rotatable bonds is 8. The summed E-state index contributed by atoms with van der Waals surface area (Å²) >= 11 is 0. The smallest absolute Gasteiger partial charge is 0.176 e. The van der Waals surface area contributed by atoms with Gasteiger partial charge in [0.2, 0.25) is 0 Å². The molecule has 0 heterocycles. The molecule has 0 spiro atoms. The quantitative estimate of drug-likeness (QED) is 0.574. The summed E-state index contributed by atoms with van der Waals surface area (Å²) in [6, 6.07) is 17.5. The fourth-order valence-electron chi connectivity index (χ4n) is 2.14. The van der Waals surface area contributed by atoms with Crippen LogP contribution >= 0.6 is 17.0 Å². The molecule has 0 radical (unpaired) electrons. The van der Waals surface area contributed by atoms with E-state index in [4.69, 9.17) is 4.74 Å². The summed E-state index contributed by atoms with van der Waals surface area (Å²) < 4.78 is 5.13. The summed E-state index contributed by atoms with van der Waals surface area (Å²) in [5.74, 6) is 1.02. The molecule has 0 bridgehead atoms. The van der Waals surface area contributed by atoms with E-state index < -0.39 is 0 Å². The van der Waals surface area contributed by atoms with Crippen molar-refractivity contribution >= 4 is 22.8 Å². The monoisotopic (exact) mass is 363 g/mol. The van der Waals surface area contributed by atoms with Gasteiger partial charge in [0.05, 0.1) is 13.7 Å². The van der Waals surface area contributed by atoms with E-state index in [9.17, 15) is 4.79 Å². The number of nitrogens with one attached hydrogen (secondary N) is 1. The Morgan fingerprint density at radius 1 is 1.05 bits per heavy atom. The molecular formula is C18H22BrNO2. The maximum Gasteiger partial charge on any atom is 0.176 e. The van der Waals surface area contributed by atoms with E-state index in [0.29, 0.717) is 6.54 Å². The van der Waals surface area contributed by atoms with Crippen LogP contribution in [0.3, 0.4) is 0 Å². The Balaban J connectivity index is 0.00000242. The lowest BCUT2D eigenvalue weighted by molar-refractivity contribution is 0.0991. The lowest BCUT2D eigenvalue weighted by Crippen LogP contribution is -2.24. The Kier molecular flexibility index (Phi) is 8.48. The zero-order chi connectivity index (χ0) is 14.9. The summed E-state index contributed by atoms with van der Waals surface area (Å²) in [6.07, 6.45) is 2.00. The summed E-state index contributed by atoms with van der Waals surface area (Å²) in [7, 11) is 1.67. The molecule has 2 rings (SSSR count). The predicted molar refractivity (Wildman–Crippen MR) is 95.3 cm³/mol. The van der Waals surface area contributed by atoms with Crippen molar-refractivity contribution in [2.45, 2.75) is 12.8 Å². The molecule has 0 saturated heterocycles. The third-order valence-electron chi connectivity index (χ3n) is 3.36. The predicted octanol–water partition coefficient (Wildman–Crippen LogP) is 3.68. The SMILES string of the molecule is Br.COc1ccc(CCCNCC(=O)c2ccccc2)cc1. The topological polar surface area (TPSA) is 38.3 Å². The Morgan fingerprint density at radius 2 is 1.73 bits per heavy atom. The highest BCUT2D eigenvalue weighted by Crippen LogP contribution is 2.12. The van der Waals surface area contributed by atoms with Gasteiger partial charge in [-0.2, -0.15) is 0 Å². The van der Waals surface area contributed by atoms with Crippen molar-refractivity contribution in [1.29, 1.82) is 0 Å². The third kappa shape index (κ3) is 6.00. The first kappa shape index (κ1) is 18.4. The number of methoxy groups -OCH3 is 1. The Hall–Kier alpha value is -1.65. The van der Waals surface area contributed by atoms with E-state index in [1.54, 1.807) is 7.11 Å². The molecule has 3 nitrogen and oxygen atoms in total. The first-order chi connectivity index (χ1) is 10.3. The summed E-state index contributed by atoms with van der Waals surface area (Å²) in [5, 5.41) is 3.20. The highest BCUT2D eigenvalue weighted by Gasteiger charge is 2.03. The van der Waals surface area contributed by atoms with Crippen molar-refractivity contribution in [2.75, 3.05) is 20.2 Å². The zero-order valence-electron chi connectivity index (χ0n) is 12.7. The second kappa shape index (κ2) is 10.1. The molecule has 0 aliphatic carbocycles. The van der Waals surface area contributed by atoms with Gasteiger partial charge in [0.15, 0.2) is 5.78 Å². The second-order valence-corrected chi connectivity index (χ2v) is 4.92. The van der Waals surface area contributed by atoms with Crippen LogP contribution in [-0.4, -0.2) is 26.0 Å². The van der Waals surface area contributed by atoms with Crippen molar-refractivity contribution < 1.29 is 9.53 Å². The molecule has 0 aliphatic rings. The average molecular weight is 364 g/mol. The molecular weight excluding hydrogens is 342 g/mol. The Morgan fingerprint density at radius 3 is 2.36 bits per heavy atom. The van der Waals surface area contributed by atoms with E-state index in [1.807, 2.05) is 42.5 Å². The van der Waals surface area contributed by atoms with Gasteiger partial charge in [0, 0.05) is 5.56 Å². The molecule has 0 saturated carbocycles. The zero-order valence-corrected chi connectivity index (χ0v) is 14.5. The van der Waals surface area contributed by atoms with Gasteiger partial charge in [-0.1, -0.05) is 42.5 Å². The molecule has 0 atom stereocenters. The van der Waals surface area contributed by atoms with Crippen molar-refractivity contribution in [3.05, 3.63) is 65.7 Å². The fourth-order valence-corrected chi connectivity index (χ4v) is 2.14. The highest BCUT2D eigenvalue weighted by atomic mass is 79.9. The fraction of sp³-hybridized carbons (Fsp3) is 0.278. The normalized spacial score (nSPS) is 9.86. The molecule has 2 aromatic carbocycles. The number of ether oxygens (including phenoxy) is 1. The third-order valence-corrected chi connectivity index (χ3v) is 3.36. The maximum atomic E-state index is 11.9. The van der Waals surface area contributed by atoms with E-state index in [-0.39, 0.29) is 22.8 Å². The number of hydrogen-bond acceptors (Lipinski definition) is 3. The van der Waals surface area contributed by atoms with Crippen LogP contribution in [-0.2, 0) is 6.42 Å². The summed E-state index contributed by atoms with van der Waals surface area (Å²) in [5.41, 5.74) is 2.05. The van der Waals surface area contributed by atoms with E-state index >= 15 is 0 Å². The van der Waals surface area contributed by atoms with Gasteiger partial charge in [-0.15, -0.1) is 17.0 Å². The van der Waals surface area contributed by atoms with Gasteiger partial charge in [-0.25, -0.2) is 0 Å². The molecule has 0 fully saturated rings. The number of ketones is 1. The molecule has 2 aromatic rings. The number of aryl methyl sites for hydroxylation is 1. The van der Waals surface area contributed by atoms with Crippen molar-refractivity contribution in [3.8, 4) is 5.75 Å². The van der Waals surface area contributed by atoms with Gasteiger partial charge >= 0.3 is 0 Å². The van der Waals surface area contributed by atoms with Crippen molar-refractivity contribution in [1.82, 2.24) is 5.32 Å². The lowest BCUT2D eigenvalue weighted by Gasteiger charge is -2.05. The minimum absolute atomic E-state index is 0. The van der Waals surface area contributed by atoms with Crippen molar-refractivity contribution in [3.63, 3.8) is 0 Å². The number of benzene rings is 2. The maximum absolute atomic E-state index is 11.9. The van der Waals surface area contributed by atoms with Gasteiger partial charge in [0.1, 0.15) is 5.75 Å². The molecule has 22 heavy (non-hydrogen) atoms. The van der Waals surface area contributed by atoms with Crippen molar-refractivity contribution in [2.24, 2.45) is 0 Å². The van der Waals surface area contributed by atoms with Crippen LogP contribution in [0, 0.1) is 0 Å². The second-order valence-electron chi connectivity index (χ2n) is 4.92. The molecule has 0 amide bonds.